The zero-order valence-electron chi connectivity index (χ0n) is 12.0. The molecule has 1 aromatic heterocycles. The molecule has 3 rings (SSSR count). The van der Waals surface area contributed by atoms with E-state index in [1.807, 2.05) is 6.07 Å². The standard InChI is InChI=1S/C16H16N2O4/c19-16(10-11-4-6-12(7-5-11)18(20)21)17-14-2-1-3-15-13(14)8-9-22-15/h4-9,14H,1-3,10H2,(H,17,19). The number of carbonyl (C=O) groups is 1. The van der Waals surface area contributed by atoms with E-state index in [1.54, 1.807) is 18.4 Å². The van der Waals surface area contributed by atoms with Gasteiger partial charge in [-0.1, -0.05) is 12.1 Å². The van der Waals surface area contributed by atoms with Crippen LogP contribution in [0.5, 0.6) is 0 Å². The number of furan rings is 1. The van der Waals surface area contributed by atoms with Gasteiger partial charge in [-0.3, -0.25) is 14.9 Å². The normalized spacial score (nSPS) is 16.8. The molecule has 0 saturated carbocycles. The summed E-state index contributed by atoms with van der Waals surface area (Å²) in [7, 11) is 0. The summed E-state index contributed by atoms with van der Waals surface area (Å²) in [5.74, 6) is 0.861. The zero-order chi connectivity index (χ0) is 15.5. The van der Waals surface area contributed by atoms with Crippen molar-refractivity contribution in [3.05, 3.63) is 63.6 Å². The summed E-state index contributed by atoms with van der Waals surface area (Å²) < 4.78 is 5.41. The highest BCUT2D eigenvalue weighted by Gasteiger charge is 2.23. The van der Waals surface area contributed by atoms with Gasteiger partial charge >= 0.3 is 0 Å². The van der Waals surface area contributed by atoms with Crippen LogP contribution in [0.2, 0.25) is 0 Å². The van der Waals surface area contributed by atoms with Gasteiger partial charge in [-0.15, -0.1) is 0 Å². The molecule has 0 saturated heterocycles. The smallest absolute Gasteiger partial charge is 0.269 e. The molecule has 6 nitrogen and oxygen atoms in total. The van der Waals surface area contributed by atoms with Crippen LogP contribution in [0.25, 0.3) is 0 Å². The number of amides is 1. The van der Waals surface area contributed by atoms with Gasteiger partial charge in [0, 0.05) is 24.1 Å². The van der Waals surface area contributed by atoms with Gasteiger partial charge in [0.25, 0.3) is 5.69 Å². The fraction of sp³-hybridized carbons (Fsp3) is 0.312. The van der Waals surface area contributed by atoms with Crippen molar-refractivity contribution in [3.63, 3.8) is 0 Å². The minimum absolute atomic E-state index is 0.00644. The van der Waals surface area contributed by atoms with Crippen molar-refractivity contribution < 1.29 is 14.1 Å². The molecule has 1 atom stereocenters. The third-order valence-corrected chi connectivity index (χ3v) is 3.90. The lowest BCUT2D eigenvalue weighted by atomic mass is 9.93. The average Bonchev–Trinajstić information content (AvgIpc) is 2.97. The average molecular weight is 300 g/mol. The van der Waals surface area contributed by atoms with Gasteiger partial charge in [-0.2, -0.15) is 0 Å². The van der Waals surface area contributed by atoms with E-state index in [0.29, 0.717) is 0 Å². The first-order valence-electron chi connectivity index (χ1n) is 7.22. The van der Waals surface area contributed by atoms with Crippen LogP contribution >= 0.6 is 0 Å². The van der Waals surface area contributed by atoms with E-state index in [2.05, 4.69) is 5.32 Å². The van der Waals surface area contributed by atoms with Crippen LogP contribution < -0.4 is 5.32 Å². The highest BCUT2D eigenvalue weighted by Crippen LogP contribution is 2.30. The minimum atomic E-state index is -0.452. The second kappa shape index (κ2) is 6.01. The number of non-ortho nitro benzene ring substituents is 1. The fourth-order valence-corrected chi connectivity index (χ4v) is 2.80. The number of fused-ring (bicyclic) bond motifs is 1. The third-order valence-electron chi connectivity index (χ3n) is 3.90. The van der Waals surface area contributed by atoms with Crippen LogP contribution in [-0.4, -0.2) is 10.8 Å². The van der Waals surface area contributed by atoms with Crippen LogP contribution in [0.3, 0.4) is 0 Å². The molecule has 0 fully saturated rings. The predicted molar refractivity (Wildman–Crippen MR) is 79.3 cm³/mol. The largest absolute Gasteiger partial charge is 0.469 e. The Bertz CT molecular complexity index is 690. The van der Waals surface area contributed by atoms with Gasteiger partial charge in [-0.05, 0) is 24.5 Å². The molecule has 0 radical (unpaired) electrons. The number of aryl methyl sites for hydroxylation is 1. The first-order valence-corrected chi connectivity index (χ1v) is 7.22. The Morgan fingerprint density at radius 3 is 2.82 bits per heavy atom. The summed E-state index contributed by atoms with van der Waals surface area (Å²) in [6, 6.07) is 7.96. The molecule has 6 heteroatoms. The fourth-order valence-electron chi connectivity index (χ4n) is 2.80. The van der Waals surface area contributed by atoms with Crippen LogP contribution in [-0.2, 0) is 17.6 Å². The van der Waals surface area contributed by atoms with Crippen molar-refractivity contribution in [3.8, 4) is 0 Å². The molecule has 1 unspecified atom stereocenters. The summed E-state index contributed by atoms with van der Waals surface area (Å²) in [5.41, 5.74) is 1.84. The van der Waals surface area contributed by atoms with Crippen molar-refractivity contribution in [1.82, 2.24) is 5.32 Å². The molecule has 1 aliphatic carbocycles. The minimum Gasteiger partial charge on any atom is -0.469 e. The van der Waals surface area contributed by atoms with Crippen molar-refractivity contribution in [2.45, 2.75) is 31.7 Å². The van der Waals surface area contributed by atoms with E-state index in [9.17, 15) is 14.9 Å². The molecule has 114 valence electrons. The lowest BCUT2D eigenvalue weighted by Crippen LogP contribution is -2.31. The molecule has 2 aromatic rings. The molecule has 1 aromatic carbocycles. The van der Waals surface area contributed by atoms with Crippen molar-refractivity contribution >= 4 is 11.6 Å². The van der Waals surface area contributed by atoms with Gasteiger partial charge in [-0.25, -0.2) is 0 Å². The number of hydrogen-bond acceptors (Lipinski definition) is 4. The van der Waals surface area contributed by atoms with Gasteiger partial charge in [0.15, 0.2) is 0 Å². The number of nitro groups is 1. The summed E-state index contributed by atoms with van der Waals surface area (Å²) >= 11 is 0. The monoisotopic (exact) mass is 300 g/mol. The van der Waals surface area contributed by atoms with E-state index in [1.165, 1.54) is 12.1 Å². The summed E-state index contributed by atoms with van der Waals surface area (Å²) in [4.78, 5) is 22.3. The number of nitrogens with one attached hydrogen (secondary N) is 1. The van der Waals surface area contributed by atoms with E-state index in [-0.39, 0.29) is 24.1 Å². The Labute approximate surface area is 127 Å². The third kappa shape index (κ3) is 3.00. The molecule has 0 spiro atoms. The molecular weight excluding hydrogens is 284 g/mol. The number of carbonyl (C=O) groups excluding carboxylic acids is 1. The summed E-state index contributed by atoms with van der Waals surface area (Å²) in [5, 5.41) is 13.6. The Hall–Kier alpha value is -2.63. The molecule has 1 heterocycles. The number of rotatable bonds is 4. The van der Waals surface area contributed by atoms with Crippen LogP contribution in [0.4, 0.5) is 5.69 Å². The van der Waals surface area contributed by atoms with Gasteiger partial charge in [0.1, 0.15) is 5.76 Å². The Morgan fingerprint density at radius 2 is 2.09 bits per heavy atom. The van der Waals surface area contributed by atoms with Crippen molar-refractivity contribution in [2.75, 3.05) is 0 Å². The lowest BCUT2D eigenvalue weighted by Gasteiger charge is -2.22. The van der Waals surface area contributed by atoms with Gasteiger partial charge in [0.2, 0.25) is 5.91 Å². The molecule has 22 heavy (non-hydrogen) atoms. The van der Waals surface area contributed by atoms with E-state index >= 15 is 0 Å². The zero-order valence-corrected chi connectivity index (χ0v) is 12.0. The number of nitro benzene ring substituents is 1. The quantitative estimate of drug-likeness (QED) is 0.695. The van der Waals surface area contributed by atoms with E-state index < -0.39 is 4.92 Å². The highest BCUT2D eigenvalue weighted by atomic mass is 16.6. The maximum absolute atomic E-state index is 12.2. The maximum Gasteiger partial charge on any atom is 0.269 e. The highest BCUT2D eigenvalue weighted by molar-refractivity contribution is 5.79. The molecule has 1 aliphatic rings. The molecule has 1 amide bonds. The van der Waals surface area contributed by atoms with Crippen molar-refractivity contribution in [2.24, 2.45) is 0 Å². The summed E-state index contributed by atoms with van der Waals surface area (Å²) in [6.07, 6.45) is 4.67. The molecule has 0 aliphatic heterocycles. The van der Waals surface area contributed by atoms with Crippen LogP contribution in [0.15, 0.2) is 41.0 Å². The first-order chi connectivity index (χ1) is 10.6. The van der Waals surface area contributed by atoms with Gasteiger partial charge in [0.05, 0.1) is 23.6 Å². The molecule has 1 N–H and O–H groups in total. The lowest BCUT2D eigenvalue weighted by molar-refractivity contribution is -0.384. The van der Waals surface area contributed by atoms with Gasteiger partial charge < -0.3 is 9.73 Å². The Morgan fingerprint density at radius 1 is 1.32 bits per heavy atom. The van der Waals surface area contributed by atoms with E-state index in [4.69, 9.17) is 4.42 Å². The second-order valence-corrected chi connectivity index (χ2v) is 5.41. The number of hydrogen-bond donors (Lipinski definition) is 1. The number of benzene rings is 1. The Balaban J connectivity index is 1.63. The summed E-state index contributed by atoms with van der Waals surface area (Å²) in [6.45, 7) is 0. The van der Waals surface area contributed by atoms with Crippen LogP contribution in [0, 0.1) is 10.1 Å². The van der Waals surface area contributed by atoms with Crippen LogP contribution in [0.1, 0.15) is 35.8 Å². The molecule has 0 bridgehead atoms. The van der Waals surface area contributed by atoms with E-state index in [0.717, 1.165) is 36.1 Å². The first kappa shape index (κ1) is 14.3. The molecular formula is C16H16N2O4. The Kier molecular flexibility index (Phi) is 3.91. The number of nitrogens with zero attached hydrogens (tertiary/aromatic N) is 1. The SMILES string of the molecule is O=C(Cc1ccc([N+](=O)[O-])cc1)NC1CCCc2occc21. The second-order valence-electron chi connectivity index (χ2n) is 5.41. The van der Waals surface area contributed by atoms with Crippen molar-refractivity contribution in [1.29, 1.82) is 0 Å². The maximum atomic E-state index is 12.2. The topological polar surface area (TPSA) is 85.4 Å². The predicted octanol–water partition coefficient (Wildman–Crippen LogP) is 2.92.